The molecule has 0 heterocycles. The van der Waals surface area contributed by atoms with Crippen LogP contribution in [0.2, 0.25) is 0 Å². The SMILES string of the molecule is CN(C)CCOCC(O)c1ccc(F)cc1. The molecule has 0 radical (unpaired) electrons. The fraction of sp³-hybridized carbons (Fsp3) is 0.500. The molecule has 4 heteroatoms. The number of nitrogens with zero attached hydrogens (tertiary/aromatic N) is 1. The van der Waals surface area contributed by atoms with Gasteiger partial charge in [0.1, 0.15) is 11.9 Å². The molecule has 0 aliphatic rings. The molecular formula is C12H18FNO2. The van der Waals surface area contributed by atoms with Gasteiger partial charge in [0, 0.05) is 6.54 Å². The van der Waals surface area contributed by atoms with Gasteiger partial charge in [0.2, 0.25) is 0 Å². The first-order chi connectivity index (χ1) is 7.59. The Morgan fingerprint density at radius 1 is 1.31 bits per heavy atom. The van der Waals surface area contributed by atoms with Gasteiger partial charge in [0.15, 0.2) is 0 Å². The molecule has 0 amide bonds. The number of hydrogen-bond acceptors (Lipinski definition) is 3. The lowest BCUT2D eigenvalue weighted by atomic mass is 10.1. The molecule has 0 bridgehead atoms. The lowest BCUT2D eigenvalue weighted by Crippen LogP contribution is -2.19. The van der Waals surface area contributed by atoms with Gasteiger partial charge in [-0.25, -0.2) is 4.39 Å². The molecule has 1 aromatic rings. The fourth-order valence-electron chi connectivity index (χ4n) is 1.22. The normalized spacial score (nSPS) is 13.1. The van der Waals surface area contributed by atoms with Crippen LogP contribution in [-0.2, 0) is 4.74 Å². The summed E-state index contributed by atoms with van der Waals surface area (Å²) in [4.78, 5) is 2.00. The minimum Gasteiger partial charge on any atom is -0.386 e. The first-order valence-corrected chi connectivity index (χ1v) is 5.25. The van der Waals surface area contributed by atoms with E-state index in [1.54, 1.807) is 12.1 Å². The van der Waals surface area contributed by atoms with E-state index in [1.807, 2.05) is 19.0 Å². The summed E-state index contributed by atoms with van der Waals surface area (Å²) >= 11 is 0. The Balaban J connectivity index is 2.29. The Morgan fingerprint density at radius 2 is 1.94 bits per heavy atom. The minimum atomic E-state index is -0.692. The summed E-state index contributed by atoms with van der Waals surface area (Å²) in [6, 6.07) is 5.79. The first-order valence-electron chi connectivity index (χ1n) is 5.25. The van der Waals surface area contributed by atoms with E-state index in [1.165, 1.54) is 12.1 Å². The average Bonchev–Trinajstić information content (AvgIpc) is 2.25. The molecule has 1 atom stereocenters. The fourth-order valence-corrected chi connectivity index (χ4v) is 1.22. The zero-order valence-electron chi connectivity index (χ0n) is 9.69. The topological polar surface area (TPSA) is 32.7 Å². The average molecular weight is 227 g/mol. The second-order valence-electron chi connectivity index (χ2n) is 3.95. The van der Waals surface area contributed by atoms with Crippen LogP contribution in [-0.4, -0.2) is 43.9 Å². The highest BCUT2D eigenvalue weighted by Crippen LogP contribution is 2.13. The van der Waals surface area contributed by atoms with Gasteiger partial charge in [-0.1, -0.05) is 12.1 Å². The maximum absolute atomic E-state index is 12.6. The van der Waals surface area contributed by atoms with E-state index < -0.39 is 6.10 Å². The summed E-state index contributed by atoms with van der Waals surface area (Å²) in [5.41, 5.74) is 0.672. The molecule has 1 unspecified atom stereocenters. The van der Waals surface area contributed by atoms with Crippen molar-refractivity contribution in [3.8, 4) is 0 Å². The van der Waals surface area contributed by atoms with Gasteiger partial charge in [-0.05, 0) is 31.8 Å². The van der Waals surface area contributed by atoms with Crippen molar-refractivity contribution in [2.24, 2.45) is 0 Å². The number of halogens is 1. The summed E-state index contributed by atoms with van der Waals surface area (Å²) < 4.78 is 17.9. The zero-order chi connectivity index (χ0) is 12.0. The summed E-state index contributed by atoms with van der Waals surface area (Å²) in [7, 11) is 3.92. The molecule has 0 fully saturated rings. The second-order valence-corrected chi connectivity index (χ2v) is 3.95. The summed E-state index contributed by atoms with van der Waals surface area (Å²) in [5, 5.41) is 9.72. The molecule has 0 saturated carbocycles. The van der Waals surface area contributed by atoms with Crippen LogP contribution in [0.5, 0.6) is 0 Å². The molecule has 90 valence electrons. The maximum atomic E-state index is 12.6. The lowest BCUT2D eigenvalue weighted by molar-refractivity contribution is 0.0306. The highest BCUT2D eigenvalue weighted by atomic mass is 19.1. The summed E-state index contributed by atoms with van der Waals surface area (Å²) in [6.07, 6.45) is -0.692. The van der Waals surface area contributed by atoms with Crippen molar-refractivity contribution in [3.05, 3.63) is 35.6 Å². The number of rotatable bonds is 6. The number of benzene rings is 1. The van der Waals surface area contributed by atoms with E-state index in [0.717, 1.165) is 6.54 Å². The van der Waals surface area contributed by atoms with Crippen LogP contribution in [0, 0.1) is 5.82 Å². The van der Waals surface area contributed by atoms with E-state index in [0.29, 0.717) is 12.2 Å². The van der Waals surface area contributed by atoms with Crippen LogP contribution < -0.4 is 0 Å². The third-order valence-corrected chi connectivity index (χ3v) is 2.21. The van der Waals surface area contributed by atoms with E-state index >= 15 is 0 Å². The Hall–Kier alpha value is -0.970. The van der Waals surface area contributed by atoms with Crippen molar-refractivity contribution in [2.45, 2.75) is 6.10 Å². The number of likely N-dealkylation sites (N-methyl/N-ethyl adjacent to an activating group) is 1. The van der Waals surface area contributed by atoms with Crippen molar-refractivity contribution in [1.82, 2.24) is 4.90 Å². The minimum absolute atomic E-state index is 0.236. The van der Waals surface area contributed by atoms with Crippen molar-refractivity contribution in [2.75, 3.05) is 33.9 Å². The summed E-state index contributed by atoms with van der Waals surface area (Å²) in [5.74, 6) is -0.301. The third-order valence-electron chi connectivity index (χ3n) is 2.21. The predicted molar refractivity (Wildman–Crippen MR) is 60.7 cm³/mol. The number of ether oxygens (including phenoxy) is 1. The van der Waals surface area contributed by atoms with Gasteiger partial charge in [0.05, 0.1) is 13.2 Å². The molecule has 0 aliphatic carbocycles. The Morgan fingerprint density at radius 3 is 2.50 bits per heavy atom. The van der Waals surface area contributed by atoms with Crippen molar-refractivity contribution >= 4 is 0 Å². The van der Waals surface area contributed by atoms with E-state index in [9.17, 15) is 9.50 Å². The molecule has 0 aliphatic heterocycles. The van der Waals surface area contributed by atoms with Gasteiger partial charge in [0.25, 0.3) is 0 Å². The van der Waals surface area contributed by atoms with Gasteiger partial charge in [-0.2, -0.15) is 0 Å². The monoisotopic (exact) mass is 227 g/mol. The van der Waals surface area contributed by atoms with Crippen molar-refractivity contribution in [3.63, 3.8) is 0 Å². The maximum Gasteiger partial charge on any atom is 0.123 e. The summed E-state index contributed by atoms with van der Waals surface area (Å²) in [6.45, 7) is 1.63. The molecule has 3 nitrogen and oxygen atoms in total. The molecule has 0 saturated heterocycles. The molecule has 1 rings (SSSR count). The highest BCUT2D eigenvalue weighted by molar-refractivity contribution is 5.18. The van der Waals surface area contributed by atoms with Crippen LogP contribution in [0.25, 0.3) is 0 Å². The number of hydrogen-bond donors (Lipinski definition) is 1. The first kappa shape index (κ1) is 13.1. The van der Waals surface area contributed by atoms with E-state index in [-0.39, 0.29) is 12.4 Å². The Bertz CT molecular complexity index is 300. The number of aliphatic hydroxyl groups is 1. The quantitative estimate of drug-likeness (QED) is 0.746. The van der Waals surface area contributed by atoms with E-state index in [2.05, 4.69) is 0 Å². The molecule has 0 aromatic heterocycles. The van der Waals surface area contributed by atoms with Crippen LogP contribution >= 0.6 is 0 Å². The molecule has 0 spiro atoms. The Labute approximate surface area is 95.5 Å². The second kappa shape index (κ2) is 6.58. The van der Waals surface area contributed by atoms with Gasteiger partial charge >= 0.3 is 0 Å². The Kier molecular flexibility index (Phi) is 5.38. The molecular weight excluding hydrogens is 209 g/mol. The van der Waals surface area contributed by atoms with Gasteiger partial charge in [-0.3, -0.25) is 0 Å². The van der Waals surface area contributed by atoms with Crippen LogP contribution in [0.3, 0.4) is 0 Å². The van der Waals surface area contributed by atoms with Crippen LogP contribution in [0.15, 0.2) is 24.3 Å². The van der Waals surface area contributed by atoms with Crippen LogP contribution in [0.1, 0.15) is 11.7 Å². The third kappa shape index (κ3) is 4.70. The highest BCUT2D eigenvalue weighted by Gasteiger charge is 2.07. The standard InChI is InChI=1S/C12H18FNO2/c1-14(2)7-8-16-9-12(15)10-3-5-11(13)6-4-10/h3-6,12,15H,7-9H2,1-2H3. The van der Waals surface area contributed by atoms with Crippen molar-refractivity contribution < 1.29 is 14.2 Å². The van der Waals surface area contributed by atoms with Gasteiger partial charge in [-0.15, -0.1) is 0 Å². The van der Waals surface area contributed by atoms with Gasteiger partial charge < -0.3 is 14.7 Å². The predicted octanol–water partition coefficient (Wildman–Crippen LogP) is 1.44. The largest absolute Gasteiger partial charge is 0.386 e. The molecule has 1 aromatic carbocycles. The zero-order valence-corrected chi connectivity index (χ0v) is 9.69. The van der Waals surface area contributed by atoms with E-state index in [4.69, 9.17) is 4.74 Å². The molecule has 1 N–H and O–H groups in total. The smallest absolute Gasteiger partial charge is 0.123 e. The van der Waals surface area contributed by atoms with Crippen LogP contribution in [0.4, 0.5) is 4.39 Å². The lowest BCUT2D eigenvalue weighted by Gasteiger charge is -2.13. The molecule has 16 heavy (non-hydrogen) atoms. The number of aliphatic hydroxyl groups excluding tert-OH is 1. The van der Waals surface area contributed by atoms with Crippen molar-refractivity contribution in [1.29, 1.82) is 0 Å².